The van der Waals surface area contributed by atoms with Gasteiger partial charge in [-0.2, -0.15) is 0 Å². The van der Waals surface area contributed by atoms with E-state index in [-0.39, 0.29) is 0 Å². The maximum atomic E-state index is 9.64. The number of aliphatic hydroxyl groups excluding tert-OH is 1. The van der Waals surface area contributed by atoms with Crippen LogP contribution in [0.5, 0.6) is 0 Å². The van der Waals surface area contributed by atoms with E-state index in [4.69, 9.17) is 34.8 Å². The van der Waals surface area contributed by atoms with E-state index in [9.17, 15) is 5.11 Å². The van der Waals surface area contributed by atoms with Crippen molar-refractivity contribution in [1.82, 2.24) is 0 Å². The van der Waals surface area contributed by atoms with Crippen molar-refractivity contribution in [3.63, 3.8) is 0 Å². The van der Waals surface area contributed by atoms with Crippen molar-refractivity contribution < 1.29 is 5.11 Å². The molecule has 0 heterocycles. The molecular formula is C9H9Cl3O. The van der Waals surface area contributed by atoms with Gasteiger partial charge in [-0.1, -0.05) is 59.1 Å². The zero-order chi connectivity index (χ0) is 10.1. The molecule has 0 spiro atoms. The molecule has 0 amide bonds. The summed E-state index contributed by atoms with van der Waals surface area (Å²) < 4.78 is -1.67. The zero-order valence-electron chi connectivity index (χ0n) is 6.97. The summed E-state index contributed by atoms with van der Waals surface area (Å²) in [4.78, 5) is 0. The van der Waals surface area contributed by atoms with Crippen molar-refractivity contribution in [3.05, 3.63) is 35.4 Å². The fraction of sp³-hybridized carbons (Fsp3) is 0.333. The second-order valence-corrected chi connectivity index (χ2v) is 5.17. The lowest BCUT2D eigenvalue weighted by Gasteiger charge is -2.20. The minimum atomic E-state index is -1.67. The average Bonchev–Trinajstić information content (AvgIpc) is 2.02. The predicted octanol–water partition coefficient (Wildman–Crippen LogP) is 3.40. The lowest BCUT2D eigenvalue weighted by atomic mass is 10.0. The number of alkyl halides is 3. The quantitative estimate of drug-likeness (QED) is 0.745. The van der Waals surface area contributed by atoms with E-state index in [0.717, 1.165) is 5.56 Å². The second-order valence-electron chi connectivity index (χ2n) is 2.80. The Hall–Kier alpha value is 0.0500. The monoisotopic (exact) mass is 238 g/mol. The van der Waals surface area contributed by atoms with Crippen LogP contribution in [0, 0.1) is 6.92 Å². The molecule has 0 aliphatic heterocycles. The molecule has 1 N–H and O–H groups in total. The summed E-state index contributed by atoms with van der Waals surface area (Å²) in [7, 11) is 0. The highest BCUT2D eigenvalue weighted by molar-refractivity contribution is 6.68. The number of rotatable bonds is 1. The van der Waals surface area contributed by atoms with Gasteiger partial charge in [-0.05, 0) is 18.1 Å². The third-order valence-corrected chi connectivity index (χ3v) is 2.41. The number of hydrogen-bond acceptors (Lipinski definition) is 1. The number of aliphatic hydroxyl groups is 1. The number of aryl methyl sites for hydroxylation is 1. The first-order chi connectivity index (χ1) is 5.93. The van der Waals surface area contributed by atoms with Gasteiger partial charge in [0.05, 0.1) is 0 Å². The summed E-state index contributed by atoms with van der Waals surface area (Å²) in [6, 6.07) is 7.25. The number of benzene rings is 1. The van der Waals surface area contributed by atoms with E-state index >= 15 is 0 Å². The highest BCUT2D eigenvalue weighted by Crippen LogP contribution is 2.40. The van der Waals surface area contributed by atoms with Crippen LogP contribution < -0.4 is 0 Å². The van der Waals surface area contributed by atoms with Crippen LogP contribution in [0.25, 0.3) is 0 Å². The smallest absolute Gasteiger partial charge is 0.220 e. The molecule has 0 aliphatic rings. The Morgan fingerprint density at radius 2 is 1.77 bits per heavy atom. The summed E-state index contributed by atoms with van der Waals surface area (Å²) in [6.07, 6.45) is -1.08. The molecule has 0 aliphatic carbocycles. The molecule has 0 aromatic heterocycles. The van der Waals surface area contributed by atoms with Gasteiger partial charge in [-0.3, -0.25) is 0 Å². The Balaban J connectivity index is 3.02. The standard InChI is InChI=1S/C9H9Cl3O/c1-6-4-2-3-5-7(6)8(13)9(10,11)12/h2-5,8,13H,1H3/t8-/m0/s1. The highest BCUT2D eigenvalue weighted by atomic mass is 35.6. The molecule has 1 aromatic carbocycles. The van der Waals surface area contributed by atoms with Gasteiger partial charge in [0.1, 0.15) is 6.10 Å². The first-order valence-electron chi connectivity index (χ1n) is 3.73. The SMILES string of the molecule is Cc1ccccc1[C@H](O)C(Cl)(Cl)Cl. The Morgan fingerprint density at radius 1 is 1.23 bits per heavy atom. The van der Waals surface area contributed by atoms with E-state index < -0.39 is 9.90 Å². The topological polar surface area (TPSA) is 20.2 Å². The molecule has 0 saturated carbocycles. The summed E-state index contributed by atoms with van der Waals surface area (Å²) in [5.74, 6) is 0. The Kier molecular flexibility index (Phi) is 3.47. The van der Waals surface area contributed by atoms with Crippen molar-refractivity contribution in [2.75, 3.05) is 0 Å². The first kappa shape index (κ1) is 11.1. The van der Waals surface area contributed by atoms with Gasteiger partial charge < -0.3 is 5.11 Å². The Bertz CT molecular complexity index is 293. The van der Waals surface area contributed by atoms with E-state index in [0.29, 0.717) is 5.56 Å². The maximum Gasteiger partial charge on any atom is 0.220 e. The van der Waals surface area contributed by atoms with Crippen LogP contribution in [0.1, 0.15) is 17.2 Å². The Labute approximate surface area is 92.2 Å². The van der Waals surface area contributed by atoms with Gasteiger partial charge in [-0.15, -0.1) is 0 Å². The lowest BCUT2D eigenvalue weighted by molar-refractivity contribution is 0.181. The molecule has 4 heteroatoms. The van der Waals surface area contributed by atoms with Crippen LogP contribution in [-0.2, 0) is 0 Å². The van der Waals surface area contributed by atoms with Crippen LogP contribution >= 0.6 is 34.8 Å². The van der Waals surface area contributed by atoms with Gasteiger partial charge in [0.15, 0.2) is 0 Å². The summed E-state index contributed by atoms with van der Waals surface area (Å²) in [5.41, 5.74) is 1.55. The molecule has 0 saturated heterocycles. The van der Waals surface area contributed by atoms with Crippen molar-refractivity contribution in [3.8, 4) is 0 Å². The van der Waals surface area contributed by atoms with Gasteiger partial charge in [0, 0.05) is 0 Å². The molecule has 0 radical (unpaired) electrons. The summed E-state index contributed by atoms with van der Waals surface area (Å²) >= 11 is 16.7. The van der Waals surface area contributed by atoms with Crippen LogP contribution in [0.3, 0.4) is 0 Å². The van der Waals surface area contributed by atoms with Gasteiger partial charge in [0.25, 0.3) is 0 Å². The van der Waals surface area contributed by atoms with E-state index in [2.05, 4.69) is 0 Å². The second kappa shape index (κ2) is 4.05. The zero-order valence-corrected chi connectivity index (χ0v) is 9.24. The largest absolute Gasteiger partial charge is 0.384 e. The average molecular weight is 240 g/mol. The maximum absolute atomic E-state index is 9.64. The normalized spacial score (nSPS) is 14.2. The van der Waals surface area contributed by atoms with Crippen molar-refractivity contribution in [2.45, 2.75) is 16.8 Å². The molecule has 72 valence electrons. The van der Waals surface area contributed by atoms with Crippen LogP contribution in [0.15, 0.2) is 24.3 Å². The third-order valence-electron chi connectivity index (χ3n) is 1.79. The first-order valence-corrected chi connectivity index (χ1v) is 4.86. The molecule has 1 rings (SSSR count). The van der Waals surface area contributed by atoms with Crippen molar-refractivity contribution >= 4 is 34.8 Å². The number of halogens is 3. The Morgan fingerprint density at radius 3 is 2.23 bits per heavy atom. The van der Waals surface area contributed by atoms with Crippen LogP contribution in [-0.4, -0.2) is 8.90 Å². The molecule has 0 fully saturated rings. The number of hydrogen-bond donors (Lipinski definition) is 1. The van der Waals surface area contributed by atoms with Gasteiger partial charge in [-0.25, -0.2) is 0 Å². The van der Waals surface area contributed by atoms with Crippen LogP contribution in [0.4, 0.5) is 0 Å². The minimum absolute atomic E-state index is 0.641. The third kappa shape index (κ3) is 2.75. The molecule has 0 unspecified atom stereocenters. The molecule has 1 aromatic rings. The fourth-order valence-electron chi connectivity index (χ4n) is 1.07. The van der Waals surface area contributed by atoms with E-state index in [1.54, 1.807) is 12.1 Å². The summed E-state index contributed by atoms with van der Waals surface area (Å²) in [5, 5.41) is 9.64. The molecule has 13 heavy (non-hydrogen) atoms. The van der Waals surface area contributed by atoms with Gasteiger partial charge in [0.2, 0.25) is 3.79 Å². The molecule has 0 bridgehead atoms. The van der Waals surface area contributed by atoms with Crippen LogP contribution in [0.2, 0.25) is 0 Å². The fourth-order valence-corrected chi connectivity index (χ4v) is 1.42. The minimum Gasteiger partial charge on any atom is -0.384 e. The predicted molar refractivity (Wildman–Crippen MR) is 56.4 cm³/mol. The van der Waals surface area contributed by atoms with Crippen molar-refractivity contribution in [1.29, 1.82) is 0 Å². The van der Waals surface area contributed by atoms with E-state index in [1.165, 1.54) is 0 Å². The highest BCUT2D eigenvalue weighted by Gasteiger charge is 2.32. The summed E-state index contributed by atoms with van der Waals surface area (Å²) in [6.45, 7) is 1.86. The molecular weight excluding hydrogens is 230 g/mol. The van der Waals surface area contributed by atoms with E-state index in [1.807, 2.05) is 19.1 Å². The van der Waals surface area contributed by atoms with Crippen molar-refractivity contribution in [2.24, 2.45) is 0 Å². The lowest BCUT2D eigenvalue weighted by Crippen LogP contribution is -2.17. The van der Waals surface area contributed by atoms with Gasteiger partial charge >= 0.3 is 0 Å². The molecule has 1 atom stereocenters. The molecule has 1 nitrogen and oxygen atoms in total.